The van der Waals surface area contributed by atoms with Crippen LogP contribution in [0.4, 0.5) is 0 Å². The van der Waals surface area contributed by atoms with Crippen LogP contribution in [0.1, 0.15) is 36.7 Å². The van der Waals surface area contributed by atoms with Gasteiger partial charge in [0.25, 0.3) is 5.91 Å². The number of hydrogen-bond acceptors (Lipinski definition) is 4. The third-order valence-electron chi connectivity index (χ3n) is 2.86. The number of amides is 1. The Balaban J connectivity index is 3.03. The summed E-state index contributed by atoms with van der Waals surface area (Å²) in [6, 6.07) is 1.76. The Morgan fingerprint density at radius 2 is 1.90 bits per heavy atom. The van der Waals surface area contributed by atoms with Gasteiger partial charge in [0.15, 0.2) is 0 Å². The minimum atomic E-state index is -3.11. The first-order valence-electron chi connectivity index (χ1n) is 6.42. The Morgan fingerprint density at radius 3 is 2.35 bits per heavy atom. The summed E-state index contributed by atoms with van der Waals surface area (Å²) in [5, 5.41) is 0. The van der Waals surface area contributed by atoms with E-state index in [2.05, 4.69) is 4.98 Å². The third-order valence-corrected chi connectivity index (χ3v) is 3.79. The van der Waals surface area contributed by atoms with E-state index in [9.17, 15) is 13.2 Å². The number of nitrogens with zero attached hydrogens (tertiary/aromatic N) is 2. The highest BCUT2D eigenvalue weighted by molar-refractivity contribution is 7.90. The average Bonchev–Trinajstić information content (AvgIpc) is 2.25. The minimum Gasteiger partial charge on any atom is -0.333 e. The highest BCUT2D eigenvalue weighted by atomic mass is 32.2. The lowest BCUT2D eigenvalue weighted by molar-refractivity contribution is 0.0600. The minimum absolute atomic E-state index is 0.0464. The summed E-state index contributed by atoms with van der Waals surface area (Å²) in [5.41, 5.74) is 0.923. The molecule has 0 aliphatic rings. The molecule has 0 saturated heterocycles. The van der Waals surface area contributed by atoms with E-state index in [1.165, 1.54) is 12.5 Å². The van der Waals surface area contributed by atoms with Crippen LogP contribution in [-0.4, -0.2) is 48.3 Å². The molecule has 0 aliphatic carbocycles. The molecule has 0 unspecified atom stereocenters. The Hall–Kier alpha value is -1.43. The fourth-order valence-corrected chi connectivity index (χ4v) is 2.34. The van der Waals surface area contributed by atoms with Crippen LogP contribution in [0.25, 0.3) is 0 Å². The number of carbonyl (C=O) groups excluding carboxylic acids is 1. The molecule has 0 saturated carbocycles. The van der Waals surface area contributed by atoms with E-state index >= 15 is 0 Å². The summed E-state index contributed by atoms with van der Waals surface area (Å²) in [4.78, 5) is 18.1. The molecule has 1 aromatic heterocycles. The van der Waals surface area contributed by atoms with Crippen LogP contribution in [-0.2, 0) is 9.84 Å². The Labute approximate surface area is 120 Å². The van der Waals surface area contributed by atoms with Gasteiger partial charge in [-0.1, -0.05) is 0 Å². The number of hydrogen-bond donors (Lipinski definition) is 0. The first kappa shape index (κ1) is 16.6. The molecule has 0 atom stereocenters. The smallest absolute Gasteiger partial charge is 0.255 e. The van der Waals surface area contributed by atoms with E-state index in [4.69, 9.17) is 0 Å². The summed E-state index contributed by atoms with van der Waals surface area (Å²) < 4.78 is 22.7. The number of pyridine rings is 1. The number of sulfone groups is 1. The van der Waals surface area contributed by atoms with Crippen LogP contribution < -0.4 is 0 Å². The second-order valence-corrected chi connectivity index (χ2v) is 8.27. The van der Waals surface area contributed by atoms with Crippen molar-refractivity contribution >= 4 is 15.7 Å². The van der Waals surface area contributed by atoms with Crippen molar-refractivity contribution in [2.24, 2.45) is 0 Å². The molecule has 6 heteroatoms. The van der Waals surface area contributed by atoms with Crippen molar-refractivity contribution in [2.75, 3.05) is 18.6 Å². The van der Waals surface area contributed by atoms with E-state index in [1.807, 2.05) is 27.7 Å². The fourth-order valence-electron chi connectivity index (χ4n) is 1.83. The van der Waals surface area contributed by atoms with Crippen LogP contribution in [0.5, 0.6) is 0 Å². The molecule has 0 aromatic carbocycles. The zero-order chi connectivity index (χ0) is 15.6. The molecule has 0 spiro atoms. The molecular weight excluding hydrogens is 276 g/mol. The zero-order valence-corrected chi connectivity index (χ0v) is 13.5. The predicted molar refractivity (Wildman–Crippen MR) is 79.5 cm³/mol. The van der Waals surface area contributed by atoms with Crippen LogP contribution >= 0.6 is 0 Å². The molecule has 0 bridgehead atoms. The van der Waals surface area contributed by atoms with Crippen molar-refractivity contribution < 1.29 is 13.2 Å². The van der Waals surface area contributed by atoms with E-state index in [0.29, 0.717) is 5.56 Å². The van der Waals surface area contributed by atoms with Crippen molar-refractivity contribution in [3.8, 4) is 0 Å². The molecule has 0 radical (unpaired) electrons. The van der Waals surface area contributed by atoms with Crippen LogP contribution in [0.2, 0.25) is 0 Å². The Bertz CT molecular complexity index is 589. The molecule has 1 aromatic rings. The van der Waals surface area contributed by atoms with E-state index < -0.39 is 15.4 Å². The van der Waals surface area contributed by atoms with Gasteiger partial charge in [-0.15, -0.1) is 0 Å². The van der Waals surface area contributed by atoms with E-state index in [0.717, 1.165) is 5.56 Å². The molecule has 20 heavy (non-hydrogen) atoms. The molecule has 1 heterocycles. The topological polar surface area (TPSA) is 67.3 Å². The summed E-state index contributed by atoms with van der Waals surface area (Å²) in [6.45, 7) is 7.69. The standard InChI is InChI=1S/C14H22N2O3S/c1-11-8-12(10-15-9-11)13(17)16(14(2,3)4)6-7-20(5,18)19/h8-10H,6-7H2,1-5H3. The molecule has 112 valence electrons. The average molecular weight is 298 g/mol. The molecule has 0 N–H and O–H groups in total. The van der Waals surface area contributed by atoms with Gasteiger partial charge < -0.3 is 4.90 Å². The van der Waals surface area contributed by atoms with Gasteiger partial charge in [-0.2, -0.15) is 0 Å². The second kappa shape index (κ2) is 5.91. The number of aromatic nitrogens is 1. The lowest BCUT2D eigenvalue weighted by atomic mass is 10.0. The summed E-state index contributed by atoms with van der Waals surface area (Å²) in [5.74, 6) is -0.243. The summed E-state index contributed by atoms with van der Waals surface area (Å²) >= 11 is 0. The Kier molecular flexibility index (Phi) is 4.91. The quantitative estimate of drug-likeness (QED) is 0.848. The Morgan fingerprint density at radius 1 is 1.30 bits per heavy atom. The van der Waals surface area contributed by atoms with Gasteiger partial charge in [-0.25, -0.2) is 8.42 Å². The summed E-state index contributed by atoms with van der Waals surface area (Å²) in [7, 11) is -3.11. The van der Waals surface area contributed by atoms with Crippen molar-refractivity contribution in [1.29, 1.82) is 0 Å². The first-order chi connectivity index (χ1) is 9.00. The second-order valence-electron chi connectivity index (χ2n) is 6.01. The van der Waals surface area contributed by atoms with E-state index in [-0.39, 0.29) is 18.2 Å². The highest BCUT2D eigenvalue weighted by Gasteiger charge is 2.28. The van der Waals surface area contributed by atoms with Crippen molar-refractivity contribution in [3.63, 3.8) is 0 Å². The first-order valence-corrected chi connectivity index (χ1v) is 8.48. The summed E-state index contributed by atoms with van der Waals surface area (Å²) in [6.07, 6.45) is 4.36. The monoisotopic (exact) mass is 298 g/mol. The number of rotatable bonds is 4. The molecule has 1 amide bonds. The number of aryl methyl sites for hydroxylation is 1. The fraction of sp³-hybridized carbons (Fsp3) is 0.571. The van der Waals surface area contributed by atoms with Gasteiger partial charge in [0.05, 0.1) is 11.3 Å². The molecule has 1 rings (SSSR count). The highest BCUT2D eigenvalue weighted by Crippen LogP contribution is 2.17. The van der Waals surface area contributed by atoms with Crippen LogP contribution in [0, 0.1) is 6.92 Å². The van der Waals surface area contributed by atoms with Gasteiger partial charge in [0, 0.05) is 30.7 Å². The SMILES string of the molecule is Cc1cncc(C(=O)N(CCS(C)(=O)=O)C(C)(C)C)c1. The normalized spacial score (nSPS) is 12.2. The molecule has 0 fully saturated rings. The maximum Gasteiger partial charge on any atom is 0.255 e. The lowest BCUT2D eigenvalue weighted by Gasteiger charge is -2.35. The zero-order valence-electron chi connectivity index (χ0n) is 12.7. The maximum atomic E-state index is 12.6. The van der Waals surface area contributed by atoms with Gasteiger partial charge in [-0.05, 0) is 39.3 Å². The van der Waals surface area contributed by atoms with Crippen LogP contribution in [0.3, 0.4) is 0 Å². The van der Waals surface area contributed by atoms with Gasteiger partial charge in [0.2, 0.25) is 0 Å². The third kappa shape index (κ3) is 4.92. The van der Waals surface area contributed by atoms with Crippen molar-refractivity contribution in [3.05, 3.63) is 29.6 Å². The van der Waals surface area contributed by atoms with Crippen LogP contribution in [0.15, 0.2) is 18.5 Å². The van der Waals surface area contributed by atoms with E-state index in [1.54, 1.807) is 17.2 Å². The van der Waals surface area contributed by atoms with Gasteiger partial charge >= 0.3 is 0 Å². The molecular formula is C14H22N2O3S. The maximum absolute atomic E-state index is 12.6. The number of carbonyl (C=O) groups is 1. The predicted octanol–water partition coefficient (Wildman–Crippen LogP) is 1.68. The molecule has 5 nitrogen and oxygen atoms in total. The molecule has 0 aliphatic heterocycles. The largest absolute Gasteiger partial charge is 0.333 e. The van der Waals surface area contributed by atoms with Gasteiger partial charge in [-0.3, -0.25) is 9.78 Å². The lowest BCUT2D eigenvalue weighted by Crippen LogP contribution is -2.47. The van der Waals surface area contributed by atoms with Crippen molar-refractivity contribution in [1.82, 2.24) is 9.88 Å². The van der Waals surface area contributed by atoms with Gasteiger partial charge in [0.1, 0.15) is 9.84 Å². The van der Waals surface area contributed by atoms with Crippen molar-refractivity contribution in [2.45, 2.75) is 33.2 Å².